The van der Waals surface area contributed by atoms with Crippen molar-refractivity contribution < 1.29 is 9.53 Å². The number of rotatable bonds is 7. The first-order chi connectivity index (χ1) is 13.1. The maximum absolute atomic E-state index is 12.2. The number of piperidine rings is 1. The first-order valence-corrected chi connectivity index (χ1v) is 9.98. The first-order valence-electron chi connectivity index (χ1n) is 9.98. The number of amides is 1. The van der Waals surface area contributed by atoms with Crippen molar-refractivity contribution in [2.75, 3.05) is 13.1 Å². The summed E-state index contributed by atoms with van der Waals surface area (Å²) in [5.74, 6) is 2.23. The predicted octanol–water partition coefficient (Wildman–Crippen LogP) is 4.49. The summed E-state index contributed by atoms with van der Waals surface area (Å²) in [6.07, 6.45) is 7.45. The fraction of sp³-hybridized carbons (Fsp3) is 0.478. The number of carbonyl (C=O) groups is 1. The molecule has 0 aliphatic carbocycles. The molecule has 0 spiro atoms. The Labute approximate surface area is 162 Å². The number of benzene rings is 1. The third-order valence-electron chi connectivity index (χ3n) is 5.14. The van der Waals surface area contributed by atoms with Crippen LogP contribution in [0.25, 0.3) is 0 Å². The van der Waals surface area contributed by atoms with Crippen LogP contribution in [0.3, 0.4) is 0 Å². The molecule has 4 heteroatoms. The lowest BCUT2D eigenvalue weighted by Gasteiger charge is -2.32. The van der Waals surface area contributed by atoms with Gasteiger partial charge in [0.1, 0.15) is 12.4 Å². The van der Waals surface area contributed by atoms with E-state index in [2.05, 4.69) is 48.0 Å². The zero-order valence-corrected chi connectivity index (χ0v) is 16.4. The molecule has 1 amide bonds. The Kier molecular flexibility index (Phi) is 6.86. The lowest BCUT2D eigenvalue weighted by atomic mass is 9.89. The van der Waals surface area contributed by atoms with E-state index >= 15 is 0 Å². The number of nitrogens with zero attached hydrogens (tertiary/aromatic N) is 2. The van der Waals surface area contributed by atoms with Gasteiger partial charge in [-0.15, -0.1) is 0 Å². The van der Waals surface area contributed by atoms with E-state index in [4.69, 9.17) is 4.74 Å². The minimum Gasteiger partial charge on any atom is -0.487 e. The molecule has 2 aromatic rings. The molecule has 0 radical (unpaired) electrons. The molecule has 1 aromatic heterocycles. The monoisotopic (exact) mass is 366 g/mol. The van der Waals surface area contributed by atoms with Crippen molar-refractivity contribution in [2.45, 2.75) is 46.1 Å². The SMILES string of the molecule is CC(C)CC(=O)N1CCC(Cc2ccc(COc3cccnc3)cc2)CC1. The van der Waals surface area contributed by atoms with E-state index < -0.39 is 0 Å². The molecular formula is C23H30N2O2. The van der Waals surface area contributed by atoms with Crippen LogP contribution in [0.15, 0.2) is 48.8 Å². The smallest absolute Gasteiger partial charge is 0.222 e. The van der Waals surface area contributed by atoms with Crippen LogP contribution in [0, 0.1) is 11.8 Å². The lowest BCUT2D eigenvalue weighted by Crippen LogP contribution is -2.39. The van der Waals surface area contributed by atoms with Crippen LogP contribution < -0.4 is 4.74 Å². The van der Waals surface area contributed by atoms with Gasteiger partial charge in [0.25, 0.3) is 0 Å². The van der Waals surface area contributed by atoms with Crippen molar-refractivity contribution in [3.05, 3.63) is 59.9 Å². The summed E-state index contributed by atoms with van der Waals surface area (Å²) < 4.78 is 5.74. The van der Waals surface area contributed by atoms with Crippen LogP contribution in [-0.2, 0) is 17.8 Å². The van der Waals surface area contributed by atoms with E-state index in [0.717, 1.165) is 43.7 Å². The minimum atomic E-state index is 0.321. The fourth-order valence-corrected chi connectivity index (χ4v) is 3.57. The summed E-state index contributed by atoms with van der Waals surface area (Å²) in [7, 11) is 0. The Bertz CT molecular complexity index is 705. The number of aromatic nitrogens is 1. The molecule has 0 unspecified atom stereocenters. The Morgan fingerprint density at radius 2 is 1.85 bits per heavy atom. The number of hydrogen-bond donors (Lipinski definition) is 0. The van der Waals surface area contributed by atoms with E-state index in [-0.39, 0.29) is 0 Å². The molecule has 1 aromatic carbocycles. The lowest BCUT2D eigenvalue weighted by molar-refractivity contribution is -0.133. The van der Waals surface area contributed by atoms with Crippen LogP contribution >= 0.6 is 0 Å². The summed E-state index contributed by atoms with van der Waals surface area (Å²) in [5, 5.41) is 0. The van der Waals surface area contributed by atoms with Gasteiger partial charge in [-0.2, -0.15) is 0 Å². The van der Waals surface area contributed by atoms with Gasteiger partial charge in [-0.05, 0) is 54.4 Å². The molecule has 0 bridgehead atoms. The van der Waals surface area contributed by atoms with Gasteiger partial charge in [0.05, 0.1) is 6.20 Å². The van der Waals surface area contributed by atoms with Crippen molar-refractivity contribution in [1.29, 1.82) is 0 Å². The van der Waals surface area contributed by atoms with Gasteiger partial charge in [0.15, 0.2) is 0 Å². The zero-order valence-electron chi connectivity index (χ0n) is 16.4. The molecule has 27 heavy (non-hydrogen) atoms. The number of carbonyl (C=O) groups excluding carboxylic acids is 1. The van der Waals surface area contributed by atoms with Gasteiger partial charge in [-0.1, -0.05) is 38.1 Å². The van der Waals surface area contributed by atoms with Crippen molar-refractivity contribution >= 4 is 5.91 Å². The van der Waals surface area contributed by atoms with Crippen molar-refractivity contribution in [1.82, 2.24) is 9.88 Å². The molecule has 3 rings (SSSR count). The zero-order chi connectivity index (χ0) is 19.1. The maximum Gasteiger partial charge on any atom is 0.222 e. The molecule has 1 aliphatic heterocycles. The molecule has 2 heterocycles. The topological polar surface area (TPSA) is 42.4 Å². The van der Waals surface area contributed by atoms with E-state index in [1.807, 2.05) is 12.1 Å². The van der Waals surface area contributed by atoms with Gasteiger partial charge in [0, 0.05) is 25.7 Å². The Morgan fingerprint density at radius 3 is 2.48 bits per heavy atom. The fourth-order valence-electron chi connectivity index (χ4n) is 3.57. The van der Waals surface area contributed by atoms with Crippen LogP contribution in [0.2, 0.25) is 0 Å². The molecule has 0 atom stereocenters. The minimum absolute atomic E-state index is 0.321. The predicted molar refractivity (Wildman–Crippen MR) is 107 cm³/mol. The van der Waals surface area contributed by atoms with Crippen molar-refractivity contribution in [2.24, 2.45) is 11.8 Å². The third kappa shape index (κ3) is 6.09. The van der Waals surface area contributed by atoms with Gasteiger partial charge in [-0.25, -0.2) is 0 Å². The summed E-state index contributed by atoms with van der Waals surface area (Å²) in [6.45, 7) is 6.59. The Balaban J connectivity index is 1.43. The number of pyridine rings is 1. The quantitative estimate of drug-likeness (QED) is 0.725. The Morgan fingerprint density at radius 1 is 1.15 bits per heavy atom. The van der Waals surface area contributed by atoms with E-state index in [9.17, 15) is 4.79 Å². The standard InChI is InChI=1S/C23H30N2O2/c1-18(2)14-23(26)25-12-9-20(10-13-25)15-19-5-7-21(8-6-19)17-27-22-4-3-11-24-16-22/h3-8,11,16,18,20H,9-10,12-15,17H2,1-2H3. The van der Waals surface area contributed by atoms with Crippen molar-refractivity contribution in [3.8, 4) is 5.75 Å². The molecular weight excluding hydrogens is 336 g/mol. The second-order valence-electron chi connectivity index (χ2n) is 7.92. The highest BCUT2D eigenvalue weighted by Gasteiger charge is 2.23. The normalized spacial score (nSPS) is 15.1. The summed E-state index contributed by atoms with van der Waals surface area (Å²) in [6, 6.07) is 12.5. The van der Waals surface area contributed by atoms with Gasteiger partial charge in [0.2, 0.25) is 5.91 Å². The molecule has 1 fully saturated rings. The second-order valence-corrected chi connectivity index (χ2v) is 7.92. The summed E-state index contributed by atoms with van der Waals surface area (Å²) in [4.78, 5) is 18.3. The average Bonchev–Trinajstić information content (AvgIpc) is 2.68. The molecule has 0 N–H and O–H groups in total. The van der Waals surface area contributed by atoms with Crippen LogP contribution in [0.1, 0.15) is 44.2 Å². The van der Waals surface area contributed by atoms with Gasteiger partial charge in [-0.3, -0.25) is 9.78 Å². The highest BCUT2D eigenvalue weighted by molar-refractivity contribution is 5.76. The van der Waals surface area contributed by atoms with Gasteiger partial charge < -0.3 is 9.64 Å². The van der Waals surface area contributed by atoms with Crippen LogP contribution in [-0.4, -0.2) is 28.9 Å². The van der Waals surface area contributed by atoms with Crippen LogP contribution in [0.5, 0.6) is 5.75 Å². The number of likely N-dealkylation sites (tertiary alicyclic amines) is 1. The first kappa shape index (κ1) is 19.4. The largest absolute Gasteiger partial charge is 0.487 e. The number of ether oxygens (including phenoxy) is 1. The van der Waals surface area contributed by atoms with E-state index in [1.54, 1.807) is 12.4 Å². The second kappa shape index (κ2) is 9.54. The van der Waals surface area contributed by atoms with Crippen LogP contribution in [0.4, 0.5) is 0 Å². The Hall–Kier alpha value is -2.36. The maximum atomic E-state index is 12.2. The van der Waals surface area contributed by atoms with Crippen molar-refractivity contribution in [3.63, 3.8) is 0 Å². The molecule has 144 valence electrons. The van der Waals surface area contributed by atoms with E-state index in [1.165, 1.54) is 5.56 Å². The van der Waals surface area contributed by atoms with Gasteiger partial charge >= 0.3 is 0 Å². The number of hydrogen-bond acceptors (Lipinski definition) is 3. The molecule has 1 aliphatic rings. The summed E-state index contributed by atoms with van der Waals surface area (Å²) in [5.41, 5.74) is 2.53. The molecule has 4 nitrogen and oxygen atoms in total. The summed E-state index contributed by atoms with van der Waals surface area (Å²) >= 11 is 0. The average molecular weight is 367 g/mol. The molecule has 0 saturated carbocycles. The highest BCUT2D eigenvalue weighted by atomic mass is 16.5. The van der Waals surface area contributed by atoms with E-state index in [0.29, 0.717) is 30.8 Å². The third-order valence-corrected chi connectivity index (χ3v) is 5.14. The molecule has 1 saturated heterocycles. The highest BCUT2D eigenvalue weighted by Crippen LogP contribution is 2.23.